The third-order valence-corrected chi connectivity index (χ3v) is 3.80. The molecule has 0 spiro atoms. The highest BCUT2D eigenvalue weighted by Gasteiger charge is 2.23. The maximum atomic E-state index is 12.2. The molecule has 6 nitrogen and oxygen atoms in total. The van der Waals surface area contributed by atoms with Crippen LogP contribution in [0, 0.1) is 0 Å². The van der Waals surface area contributed by atoms with E-state index in [0.29, 0.717) is 12.3 Å². The van der Waals surface area contributed by atoms with Crippen molar-refractivity contribution in [2.45, 2.75) is 12.5 Å². The number of carbonyl (C=O) groups excluding carboxylic acids is 2. The average Bonchev–Trinajstić information content (AvgIpc) is 3.08. The molecule has 0 radical (unpaired) electrons. The predicted octanol–water partition coefficient (Wildman–Crippen LogP) is 2.37. The molecule has 1 N–H and O–H groups in total. The molecule has 2 aromatic rings. The second kappa shape index (κ2) is 8.38. The summed E-state index contributed by atoms with van der Waals surface area (Å²) in [5.74, 6) is 0.148. The van der Waals surface area contributed by atoms with E-state index in [1.807, 2.05) is 36.6 Å². The van der Waals surface area contributed by atoms with E-state index in [4.69, 9.17) is 9.15 Å². The molecule has 2 rings (SSSR count). The fourth-order valence-electron chi connectivity index (χ4n) is 1.95. The highest BCUT2D eigenvalue weighted by atomic mass is 32.2. The smallest absolute Gasteiger partial charge is 0.328 e. The summed E-state index contributed by atoms with van der Waals surface area (Å²) in [6.45, 7) is 0. The van der Waals surface area contributed by atoms with Crippen molar-refractivity contribution in [3.8, 4) is 11.5 Å². The number of rotatable bonds is 7. The molecular formula is C16H18N2O4S. The largest absolute Gasteiger partial charge is 0.467 e. The summed E-state index contributed by atoms with van der Waals surface area (Å²) < 4.78 is 10.0. The third kappa shape index (κ3) is 4.59. The highest BCUT2D eigenvalue weighted by Crippen LogP contribution is 2.18. The van der Waals surface area contributed by atoms with Crippen molar-refractivity contribution in [2.24, 2.45) is 0 Å². The second-order valence-corrected chi connectivity index (χ2v) is 5.72. The molecule has 0 bridgehead atoms. The molecule has 122 valence electrons. The molecule has 1 amide bonds. The Balaban J connectivity index is 2.07. The van der Waals surface area contributed by atoms with Crippen LogP contribution in [-0.2, 0) is 9.53 Å². The summed E-state index contributed by atoms with van der Waals surface area (Å²) in [5.41, 5.74) is 0.903. The summed E-state index contributed by atoms with van der Waals surface area (Å²) in [6, 6.07) is 8.57. The normalized spacial score (nSPS) is 11.7. The Kier molecular flexibility index (Phi) is 6.22. The number of esters is 1. The molecule has 0 aliphatic heterocycles. The Hall–Kier alpha value is -2.28. The molecule has 1 unspecified atom stereocenters. The number of nitrogens with one attached hydrogen (secondary N) is 1. The molecule has 1 aromatic heterocycles. The SMILES string of the molecule is COC(=O)C(CCSC)NC(=O)c1coc(-c2ccccc2)n1. The number of amides is 1. The Bertz CT molecular complexity index is 657. The number of thioether (sulfide) groups is 1. The van der Waals surface area contributed by atoms with Crippen molar-refractivity contribution >= 4 is 23.6 Å². The second-order valence-electron chi connectivity index (χ2n) is 4.73. The van der Waals surface area contributed by atoms with Gasteiger partial charge in [-0.15, -0.1) is 0 Å². The van der Waals surface area contributed by atoms with Gasteiger partial charge in [-0.2, -0.15) is 11.8 Å². The van der Waals surface area contributed by atoms with Gasteiger partial charge in [-0.3, -0.25) is 4.79 Å². The monoisotopic (exact) mass is 334 g/mol. The van der Waals surface area contributed by atoms with Gasteiger partial charge < -0.3 is 14.5 Å². The summed E-state index contributed by atoms with van der Waals surface area (Å²) in [5, 5.41) is 2.63. The van der Waals surface area contributed by atoms with Crippen molar-refractivity contribution in [2.75, 3.05) is 19.1 Å². The highest BCUT2D eigenvalue weighted by molar-refractivity contribution is 7.98. The van der Waals surface area contributed by atoms with Crippen LogP contribution in [-0.4, -0.2) is 42.0 Å². The third-order valence-electron chi connectivity index (χ3n) is 3.16. The number of ether oxygens (including phenoxy) is 1. The molecular weight excluding hydrogens is 316 g/mol. The molecule has 7 heteroatoms. The molecule has 1 aromatic carbocycles. The number of aromatic nitrogens is 1. The minimum atomic E-state index is -0.697. The Morgan fingerprint density at radius 2 is 2.09 bits per heavy atom. The van der Waals surface area contributed by atoms with Gasteiger partial charge in [0.05, 0.1) is 7.11 Å². The van der Waals surface area contributed by atoms with E-state index in [1.165, 1.54) is 13.4 Å². The quantitative estimate of drug-likeness (QED) is 0.783. The van der Waals surface area contributed by atoms with Gasteiger partial charge in [0.25, 0.3) is 5.91 Å². The fourth-order valence-corrected chi connectivity index (χ4v) is 2.42. The van der Waals surface area contributed by atoms with E-state index < -0.39 is 17.9 Å². The van der Waals surface area contributed by atoms with Gasteiger partial charge in [0.1, 0.15) is 12.3 Å². The summed E-state index contributed by atoms with van der Waals surface area (Å²) in [4.78, 5) is 28.1. The number of nitrogens with zero attached hydrogens (tertiary/aromatic N) is 1. The topological polar surface area (TPSA) is 81.4 Å². The first-order valence-electron chi connectivity index (χ1n) is 7.04. The van der Waals surface area contributed by atoms with Crippen molar-refractivity contribution in [3.63, 3.8) is 0 Å². The lowest BCUT2D eigenvalue weighted by Crippen LogP contribution is -2.42. The van der Waals surface area contributed by atoms with E-state index >= 15 is 0 Å². The van der Waals surface area contributed by atoms with Crippen LogP contribution in [0.25, 0.3) is 11.5 Å². The first kappa shape index (κ1) is 17.1. The Morgan fingerprint density at radius 1 is 1.35 bits per heavy atom. The van der Waals surface area contributed by atoms with Crippen LogP contribution in [0.5, 0.6) is 0 Å². The van der Waals surface area contributed by atoms with Gasteiger partial charge >= 0.3 is 5.97 Å². The lowest BCUT2D eigenvalue weighted by molar-refractivity contribution is -0.142. The van der Waals surface area contributed by atoms with Crippen LogP contribution in [0.4, 0.5) is 0 Å². The lowest BCUT2D eigenvalue weighted by Gasteiger charge is -2.14. The number of benzene rings is 1. The lowest BCUT2D eigenvalue weighted by atomic mass is 10.2. The minimum Gasteiger partial charge on any atom is -0.467 e. The first-order valence-corrected chi connectivity index (χ1v) is 8.43. The van der Waals surface area contributed by atoms with Crippen molar-refractivity contribution in [1.29, 1.82) is 0 Å². The summed E-state index contributed by atoms with van der Waals surface area (Å²) in [6.07, 6.45) is 3.70. The zero-order valence-corrected chi connectivity index (χ0v) is 13.8. The van der Waals surface area contributed by atoms with Gasteiger partial charge in [-0.1, -0.05) is 18.2 Å². The number of methoxy groups -OCH3 is 1. The molecule has 0 saturated heterocycles. The number of hydrogen-bond acceptors (Lipinski definition) is 6. The van der Waals surface area contributed by atoms with E-state index in [-0.39, 0.29) is 5.69 Å². The van der Waals surface area contributed by atoms with E-state index in [2.05, 4.69) is 10.3 Å². The van der Waals surface area contributed by atoms with Crippen LogP contribution in [0.3, 0.4) is 0 Å². The summed E-state index contributed by atoms with van der Waals surface area (Å²) >= 11 is 1.59. The van der Waals surface area contributed by atoms with E-state index in [1.54, 1.807) is 11.8 Å². The maximum absolute atomic E-state index is 12.2. The zero-order valence-electron chi connectivity index (χ0n) is 12.9. The average molecular weight is 334 g/mol. The Labute approximate surface area is 138 Å². The molecule has 1 heterocycles. The minimum absolute atomic E-state index is 0.127. The number of carbonyl (C=O) groups is 2. The van der Waals surface area contributed by atoms with Crippen molar-refractivity contribution in [3.05, 3.63) is 42.3 Å². The summed E-state index contributed by atoms with van der Waals surface area (Å²) in [7, 11) is 1.30. The Morgan fingerprint density at radius 3 is 2.74 bits per heavy atom. The molecule has 0 aliphatic rings. The fraction of sp³-hybridized carbons (Fsp3) is 0.312. The van der Waals surface area contributed by atoms with Crippen molar-refractivity contribution in [1.82, 2.24) is 10.3 Å². The molecule has 0 saturated carbocycles. The van der Waals surface area contributed by atoms with Crippen LogP contribution in [0.2, 0.25) is 0 Å². The van der Waals surface area contributed by atoms with Crippen LogP contribution in [0.15, 0.2) is 41.0 Å². The molecule has 23 heavy (non-hydrogen) atoms. The molecule has 1 atom stereocenters. The van der Waals surface area contributed by atoms with E-state index in [9.17, 15) is 9.59 Å². The van der Waals surface area contributed by atoms with Gasteiger partial charge in [0.15, 0.2) is 5.69 Å². The number of hydrogen-bond donors (Lipinski definition) is 1. The zero-order chi connectivity index (χ0) is 16.7. The predicted molar refractivity (Wildman–Crippen MR) is 88.2 cm³/mol. The van der Waals surface area contributed by atoms with E-state index in [0.717, 1.165) is 11.3 Å². The number of oxazole rings is 1. The van der Waals surface area contributed by atoms with Crippen LogP contribution in [0.1, 0.15) is 16.9 Å². The van der Waals surface area contributed by atoms with Gasteiger partial charge in [0, 0.05) is 5.56 Å². The van der Waals surface area contributed by atoms with Crippen LogP contribution >= 0.6 is 11.8 Å². The van der Waals surface area contributed by atoms with Gasteiger partial charge in [-0.25, -0.2) is 9.78 Å². The maximum Gasteiger partial charge on any atom is 0.328 e. The molecule has 0 fully saturated rings. The van der Waals surface area contributed by atoms with Crippen LogP contribution < -0.4 is 5.32 Å². The first-order chi connectivity index (χ1) is 11.2. The molecule has 0 aliphatic carbocycles. The van der Waals surface area contributed by atoms with Gasteiger partial charge in [-0.05, 0) is 30.6 Å². The van der Waals surface area contributed by atoms with Crippen molar-refractivity contribution < 1.29 is 18.7 Å². The van der Waals surface area contributed by atoms with Gasteiger partial charge in [0.2, 0.25) is 5.89 Å². The standard InChI is InChI=1S/C16H18N2O4S/c1-21-16(20)12(8-9-23-2)17-14(19)13-10-22-15(18-13)11-6-4-3-5-7-11/h3-7,10,12H,8-9H2,1-2H3,(H,17,19).